The zero-order chi connectivity index (χ0) is 16.5. The molecule has 3 atom stereocenters. The number of benzene rings is 1. The molecule has 1 heterocycles. The molecule has 4 heteroatoms. The number of hydrogen-bond donors (Lipinski definition) is 1. The average Bonchev–Trinajstić information content (AvgIpc) is 3.26. The third kappa shape index (κ3) is 2.90. The number of carbonyl (C=O) groups excluding carboxylic acids is 1. The molecule has 4 nitrogen and oxygen atoms in total. The van der Waals surface area contributed by atoms with Crippen molar-refractivity contribution in [1.82, 2.24) is 5.32 Å². The number of rotatable bonds is 4. The van der Waals surface area contributed by atoms with Gasteiger partial charge in [-0.1, -0.05) is 24.3 Å². The molecule has 1 saturated carbocycles. The number of para-hydroxylation sites is 2. The van der Waals surface area contributed by atoms with Gasteiger partial charge in [0.2, 0.25) is 5.91 Å². The highest BCUT2D eigenvalue weighted by Gasteiger charge is 2.40. The molecule has 0 aromatic heterocycles. The van der Waals surface area contributed by atoms with E-state index >= 15 is 0 Å². The summed E-state index contributed by atoms with van der Waals surface area (Å²) in [7, 11) is 1.72. The Morgan fingerprint density at radius 2 is 1.96 bits per heavy atom. The molecule has 2 fully saturated rings. The van der Waals surface area contributed by atoms with Crippen molar-refractivity contribution in [2.45, 2.75) is 31.7 Å². The molecule has 1 aromatic rings. The van der Waals surface area contributed by atoms with Crippen LogP contribution in [0.15, 0.2) is 36.4 Å². The van der Waals surface area contributed by atoms with Gasteiger partial charge in [-0.3, -0.25) is 4.79 Å². The first-order chi connectivity index (χ1) is 11.7. The Kier molecular flexibility index (Phi) is 4.21. The molecule has 4 rings (SSSR count). The van der Waals surface area contributed by atoms with Gasteiger partial charge >= 0.3 is 0 Å². The van der Waals surface area contributed by atoms with Crippen LogP contribution in [0.5, 0.6) is 5.75 Å². The average molecular weight is 326 g/mol. The quantitative estimate of drug-likeness (QED) is 0.865. The molecule has 1 aliphatic heterocycles. The van der Waals surface area contributed by atoms with Crippen LogP contribution in [0, 0.1) is 17.8 Å². The standard InChI is InChI=1S/C20H26N2O2/c1-24-19-5-3-2-4-18(19)22-10-8-16(9-11-22)21-20(23)17-13-14-6-7-15(17)12-14/h2-7,14-17H,8-13H2,1H3,(H,21,23)/t14-,15-,17-/m0/s1. The summed E-state index contributed by atoms with van der Waals surface area (Å²) in [6.07, 6.45) is 8.78. The van der Waals surface area contributed by atoms with Crippen molar-refractivity contribution in [3.05, 3.63) is 36.4 Å². The highest BCUT2D eigenvalue weighted by Crippen LogP contribution is 2.43. The van der Waals surface area contributed by atoms with E-state index in [0.717, 1.165) is 43.8 Å². The molecular weight excluding hydrogens is 300 g/mol. The molecule has 0 unspecified atom stereocenters. The van der Waals surface area contributed by atoms with Crippen LogP contribution in [0.25, 0.3) is 0 Å². The molecule has 1 saturated heterocycles. The van der Waals surface area contributed by atoms with Crippen molar-refractivity contribution in [2.75, 3.05) is 25.1 Å². The Balaban J connectivity index is 1.32. The molecule has 1 amide bonds. The Bertz CT molecular complexity index is 634. The number of nitrogens with zero attached hydrogens (tertiary/aromatic N) is 1. The topological polar surface area (TPSA) is 41.6 Å². The second-order valence-corrected chi connectivity index (χ2v) is 7.33. The van der Waals surface area contributed by atoms with Crippen molar-refractivity contribution >= 4 is 11.6 Å². The van der Waals surface area contributed by atoms with Crippen LogP contribution in [0.2, 0.25) is 0 Å². The van der Waals surface area contributed by atoms with Gasteiger partial charge in [-0.15, -0.1) is 0 Å². The van der Waals surface area contributed by atoms with Gasteiger partial charge in [-0.05, 0) is 49.7 Å². The lowest BCUT2D eigenvalue weighted by molar-refractivity contribution is -0.126. The van der Waals surface area contributed by atoms with Crippen molar-refractivity contribution < 1.29 is 9.53 Å². The van der Waals surface area contributed by atoms with Crippen LogP contribution in [0.1, 0.15) is 25.7 Å². The summed E-state index contributed by atoms with van der Waals surface area (Å²) in [5.74, 6) is 2.56. The highest BCUT2D eigenvalue weighted by atomic mass is 16.5. The Morgan fingerprint density at radius 1 is 1.17 bits per heavy atom. The lowest BCUT2D eigenvalue weighted by Crippen LogP contribution is -2.47. The van der Waals surface area contributed by atoms with Crippen LogP contribution in [0.3, 0.4) is 0 Å². The third-order valence-electron chi connectivity index (χ3n) is 5.88. The zero-order valence-corrected chi connectivity index (χ0v) is 14.3. The number of allylic oxidation sites excluding steroid dienone is 2. The molecule has 128 valence electrons. The van der Waals surface area contributed by atoms with Gasteiger partial charge in [0.05, 0.1) is 12.8 Å². The zero-order valence-electron chi connectivity index (χ0n) is 14.3. The van der Waals surface area contributed by atoms with E-state index in [1.54, 1.807) is 7.11 Å². The first kappa shape index (κ1) is 15.6. The maximum Gasteiger partial charge on any atom is 0.223 e. The van der Waals surface area contributed by atoms with Gasteiger partial charge < -0.3 is 15.0 Å². The minimum Gasteiger partial charge on any atom is -0.495 e. The minimum absolute atomic E-state index is 0.215. The van der Waals surface area contributed by atoms with Crippen molar-refractivity contribution in [3.8, 4) is 5.75 Å². The van der Waals surface area contributed by atoms with Gasteiger partial charge in [-0.25, -0.2) is 0 Å². The van der Waals surface area contributed by atoms with Crippen LogP contribution in [-0.2, 0) is 4.79 Å². The monoisotopic (exact) mass is 326 g/mol. The second kappa shape index (κ2) is 6.50. The number of piperidine rings is 1. The number of fused-ring (bicyclic) bond motifs is 2. The van der Waals surface area contributed by atoms with Crippen molar-refractivity contribution in [2.24, 2.45) is 17.8 Å². The Morgan fingerprint density at radius 3 is 2.62 bits per heavy atom. The number of anilines is 1. The largest absolute Gasteiger partial charge is 0.495 e. The SMILES string of the molecule is COc1ccccc1N1CCC(NC(=O)[C@H]2C[C@H]3C=C[C@H]2C3)CC1. The maximum absolute atomic E-state index is 12.6. The molecule has 24 heavy (non-hydrogen) atoms. The van der Waals surface area contributed by atoms with Gasteiger partial charge in [0.15, 0.2) is 0 Å². The highest BCUT2D eigenvalue weighted by molar-refractivity contribution is 5.80. The molecule has 0 radical (unpaired) electrons. The van der Waals surface area contributed by atoms with E-state index in [1.807, 2.05) is 18.2 Å². The molecule has 1 aromatic carbocycles. The molecule has 0 spiro atoms. The van der Waals surface area contributed by atoms with E-state index in [2.05, 4.69) is 28.4 Å². The number of carbonyl (C=O) groups is 1. The minimum atomic E-state index is 0.215. The van der Waals surface area contributed by atoms with E-state index in [1.165, 1.54) is 6.42 Å². The third-order valence-corrected chi connectivity index (χ3v) is 5.88. The van der Waals surface area contributed by atoms with Crippen LogP contribution >= 0.6 is 0 Å². The fourth-order valence-corrected chi connectivity index (χ4v) is 4.55. The number of ether oxygens (including phenoxy) is 1. The molecule has 3 aliphatic rings. The van der Waals surface area contributed by atoms with E-state index in [-0.39, 0.29) is 11.8 Å². The fraction of sp³-hybridized carbons (Fsp3) is 0.550. The lowest BCUT2D eigenvalue weighted by atomic mass is 9.92. The van der Waals surface area contributed by atoms with Gasteiger partial charge in [0.1, 0.15) is 5.75 Å². The number of methoxy groups -OCH3 is 1. The van der Waals surface area contributed by atoms with Crippen molar-refractivity contribution in [3.63, 3.8) is 0 Å². The molecule has 1 N–H and O–H groups in total. The summed E-state index contributed by atoms with van der Waals surface area (Å²) in [5, 5.41) is 3.32. The normalized spacial score (nSPS) is 29.0. The molecular formula is C20H26N2O2. The van der Waals surface area contributed by atoms with E-state index in [4.69, 9.17) is 4.74 Å². The summed E-state index contributed by atoms with van der Waals surface area (Å²) < 4.78 is 5.47. The van der Waals surface area contributed by atoms with Gasteiger partial charge in [-0.2, -0.15) is 0 Å². The summed E-state index contributed by atoms with van der Waals surface area (Å²) >= 11 is 0. The Hall–Kier alpha value is -1.97. The fourth-order valence-electron chi connectivity index (χ4n) is 4.55. The second-order valence-electron chi connectivity index (χ2n) is 7.33. The van der Waals surface area contributed by atoms with Crippen molar-refractivity contribution in [1.29, 1.82) is 0 Å². The Labute approximate surface area is 143 Å². The van der Waals surface area contributed by atoms with E-state index in [0.29, 0.717) is 17.9 Å². The first-order valence-electron chi connectivity index (χ1n) is 9.11. The van der Waals surface area contributed by atoms with Gasteiger partial charge in [0, 0.05) is 25.0 Å². The molecule has 2 aliphatic carbocycles. The predicted octanol–water partition coefficient (Wildman–Crippen LogP) is 2.99. The summed E-state index contributed by atoms with van der Waals surface area (Å²) in [5.41, 5.74) is 1.16. The van der Waals surface area contributed by atoms with E-state index < -0.39 is 0 Å². The number of hydrogen-bond acceptors (Lipinski definition) is 3. The summed E-state index contributed by atoms with van der Waals surface area (Å²) in [6.45, 7) is 1.92. The van der Waals surface area contributed by atoms with E-state index in [9.17, 15) is 4.79 Å². The smallest absolute Gasteiger partial charge is 0.223 e. The van der Waals surface area contributed by atoms with Crippen LogP contribution in [0.4, 0.5) is 5.69 Å². The van der Waals surface area contributed by atoms with Gasteiger partial charge in [0.25, 0.3) is 0 Å². The predicted molar refractivity (Wildman–Crippen MR) is 95.2 cm³/mol. The summed E-state index contributed by atoms with van der Waals surface area (Å²) in [6, 6.07) is 8.48. The van der Waals surface area contributed by atoms with Crippen LogP contribution in [-0.4, -0.2) is 32.1 Å². The first-order valence-corrected chi connectivity index (χ1v) is 9.11. The lowest BCUT2D eigenvalue weighted by Gasteiger charge is -2.35. The summed E-state index contributed by atoms with van der Waals surface area (Å²) in [4.78, 5) is 14.9. The molecule has 2 bridgehead atoms. The van der Waals surface area contributed by atoms with Crippen LogP contribution < -0.4 is 15.0 Å². The maximum atomic E-state index is 12.6. The number of nitrogens with one attached hydrogen (secondary N) is 1. The number of amides is 1.